The highest BCUT2D eigenvalue weighted by molar-refractivity contribution is 7.22. The molecule has 1 aromatic carbocycles. The largest absolute Gasteiger partial charge is 0.361 e. The van der Waals surface area contributed by atoms with Crippen LogP contribution in [-0.4, -0.2) is 16.5 Å². The quantitative estimate of drug-likeness (QED) is 0.786. The second kappa shape index (κ2) is 5.64. The first-order valence-electron chi connectivity index (χ1n) is 7.75. The van der Waals surface area contributed by atoms with Gasteiger partial charge in [-0.2, -0.15) is 5.26 Å². The van der Waals surface area contributed by atoms with Crippen molar-refractivity contribution in [2.24, 2.45) is 0 Å². The fraction of sp³-hybridized carbons (Fsp3) is 0.278. The van der Waals surface area contributed by atoms with Gasteiger partial charge >= 0.3 is 0 Å². The molecule has 1 saturated carbocycles. The number of nitriles is 1. The Balaban J connectivity index is 1.55. The van der Waals surface area contributed by atoms with Gasteiger partial charge in [0.15, 0.2) is 5.13 Å². The van der Waals surface area contributed by atoms with Gasteiger partial charge in [0, 0.05) is 23.9 Å². The molecule has 2 heterocycles. The summed E-state index contributed by atoms with van der Waals surface area (Å²) in [6.45, 7) is 0.856. The Hall–Kier alpha value is -2.45. The average molecular weight is 320 g/mol. The van der Waals surface area contributed by atoms with Crippen LogP contribution in [0.25, 0.3) is 10.2 Å². The van der Waals surface area contributed by atoms with Crippen LogP contribution < -0.4 is 5.32 Å². The zero-order valence-corrected chi connectivity index (χ0v) is 13.4. The van der Waals surface area contributed by atoms with Crippen molar-refractivity contribution in [1.29, 1.82) is 5.26 Å². The van der Waals surface area contributed by atoms with Crippen LogP contribution in [0.5, 0.6) is 0 Å². The number of hydrogen-bond donors (Lipinski definition) is 1. The number of aromatic nitrogens is 2. The van der Waals surface area contributed by atoms with E-state index in [9.17, 15) is 0 Å². The first-order valence-corrected chi connectivity index (χ1v) is 8.57. The van der Waals surface area contributed by atoms with Gasteiger partial charge < -0.3 is 5.32 Å². The average Bonchev–Trinajstić information content (AvgIpc) is 2.96. The highest BCUT2D eigenvalue weighted by Gasteiger charge is 2.39. The van der Waals surface area contributed by atoms with Crippen LogP contribution in [0.15, 0.2) is 42.6 Å². The first kappa shape index (κ1) is 14.2. The van der Waals surface area contributed by atoms with Crippen molar-refractivity contribution in [2.75, 3.05) is 11.9 Å². The smallest absolute Gasteiger partial charge is 0.183 e. The number of rotatable bonds is 4. The summed E-state index contributed by atoms with van der Waals surface area (Å²) in [5.74, 6) is 0. The SMILES string of the molecule is N#Cc1ccc2nc(NCC3(c4ccccn4)CCC3)sc2c1. The lowest BCUT2D eigenvalue weighted by atomic mass is 9.66. The molecule has 4 rings (SSSR count). The van der Waals surface area contributed by atoms with E-state index in [0.717, 1.165) is 21.9 Å². The van der Waals surface area contributed by atoms with Crippen LogP contribution in [0, 0.1) is 11.3 Å². The van der Waals surface area contributed by atoms with Crippen LogP contribution in [0.4, 0.5) is 5.13 Å². The second-order valence-corrected chi connectivity index (χ2v) is 7.05. The molecule has 0 atom stereocenters. The Labute approximate surface area is 138 Å². The number of thiazole rings is 1. The van der Waals surface area contributed by atoms with Crippen LogP contribution in [0.3, 0.4) is 0 Å². The summed E-state index contributed by atoms with van der Waals surface area (Å²) in [5.41, 5.74) is 2.93. The van der Waals surface area contributed by atoms with Crippen LogP contribution in [0.1, 0.15) is 30.5 Å². The van der Waals surface area contributed by atoms with Gasteiger partial charge in [0.2, 0.25) is 0 Å². The van der Waals surface area contributed by atoms with E-state index in [4.69, 9.17) is 5.26 Å². The van der Waals surface area contributed by atoms with Crippen molar-refractivity contribution in [3.8, 4) is 6.07 Å². The number of benzene rings is 1. The van der Waals surface area contributed by atoms with E-state index in [-0.39, 0.29) is 5.41 Å². The van der Waals surface area contributed by atoms with Gasteiger partial charge in [0.25, 0.3) is 0 Å². The topological polar surface area (TPSA) is 61.6 Å². The molecule has 0 spiro atoms. The van der Waals surface area contributed by atoms with E-state index in [1.807, 2.05) is 30.5 Å². The monoisotopic (exact) mass is 320 g/mol. The Bertz CT molecular complexity index is 875. The molecule has 1 aliphatic carbocycles. The van der Waals surface area contributed by atoms with Crippen LogP contribution >= 0.6 is 11.3 Å². The van der Waals surface area contributed by atoms with Crippen molar-refractivity contribution in [1.82, 2.24) is 9.97 Å². The fourth-order valence-corrected chi connectivity index (χ4v) is 4.02. The van der Waals surface area contributed by atoms with E-state index in [1.165, 1.54) is 25.0 Å². The lowest BCUT2D eigenvalue weighted by Crippen LogP contribution is -2.41. The van der Waals surface area contributed by atoms with Gasteiger partial charge in [0.1, 0.15) is 0 Å². The summed E-state index contributed by atoms with van der Waals surface area (Å²) in [5, 5.41) is 13.4. The van der Waals surface area contributed by atoms with Crippen LogP contribution in [-0.2, 0) is 5.41 Å². The normalized spacial score (nSPS) is 15.8. The number of fused-ring (bicyclic) bond motifs is 1. The minimum absolute atomic E-state index is 0.136. The predicted molar refractivity (Wildman–Crippen MR) is 92.6 cm³/mol. The number of hydrogen-bond acceptors (Lipinski definition) is 5. The Morgan fingerprint density at radius 3 is 2.87 bits per heavy atom. The lowest BCUT2D eigenvalue weighted by molar-refractivity contribution is 0.253. The first-order chi connectivity index (χ1) is 11.3. The fourth-order valence-electron chi connectivity index (χ4n) is 3.12. The Morgan fingerprint density at radius 2 is 2.17 bits per heavy atom. The molecular weight excluding hydrogens is 304 g/mol. The predicted octanol–water partition coefficient (Wildman–Crippen LogP) is 4.10. The summed E-state index contributed by atoms with van der Waals surface area (Å²) in [4.78, 5) is 9.18. The maximum atomic E-state index is 8.99. The third-order valence-electron chi connectivity index (χ3n) is 4.61. The number of anilines is 1. The zero-order chi connectivity index (χ0) is 15.7. The highest BCUT2D eigenvalue weighted by atomic mass is 32.1. The molecule has 114 valence electrons. The second-order valence-electron chi connectivity index (χ2n) is 6.02. The Morgan fingerprint density at radius 1 is 1.26 bits per heavy atom. The molecule has 1 aliphatic rings. The van der Waals surface area contributed by atoms with Gasteiger partial charge in [0.05, 0.1) is 21.8 Å². The van der Waals surface area contributed by atoms with Gasteiger partial charge in [-0.1, -0.05) is 23.8 Å². The molecule has 0 saturated heterocycles. The van der Waals surface area contributed by atoms with Crippen molar-refractivity contribution in [2.45, 2.75) is 24.7 Å². The van der Waals surface area contributed by atoms with Crippen LogP contribution in [0.2, 0.25) is 0 Å². The van der Waals surface area contributed by atoms with E-state index < -0.39 is 0 Å². The van der Waals surface area contributed by atoms with Crippen molar-refractivity contribution < 1.29 is 0 Å². The molecule has 3 aromatic rings. The molecular formula is C18H16N4S. The molecule has 23 heavy (non-hydrogen) atoms. The molecule has 5 heteroatoms. The van der Waals surface area contributed by atoms with E-state index in [1.54, 1.807) is 11.3 Å². The zero-order valence-electron chi connectivity index (χ0n) is 12.6. The van der Waals surface area contributed by atoms with Crippen molar-refractivity contribution in [3.05, 3.63) is 53.9 Å². The van der Waals surface area contributed by atoms with Gasteiger partial charge in [-0.05, 0) is 43.2 Å². The summed E-state index contributed by atoms with van der Waals surface area (Å²) in [6.07, 6.45) is 5.46. The lowest BCUT2D eigenvalue weighted by Gasteiger charge is -2.41. The summed E-state index contributed by atoms with van der Waals surface area (Å²) >= 11 is 1.60. The van der Waals surface area contributed by atoms with Gasteiger partial charge in [-0.3, -0.25) is 4.98 Å². The minimum atomic E-state index is 0.136. The molecule has 0 aliphatic heterocycles. The standard InChI is InChI=1S/C18H16N4S/c19-11-13-5-6-14-15(10-13)23-17(22-14)21-12-18(7-3-8-18)16-4-1-2-9-20-16/h1-2,4-6,9-10H,3,7-8,12H2,(H,21,22). The minimum Gasteiger partial charge on any atom is -0.361 e. The summed E-state index contributed by atoms with van der Waals surface area (Å²) in [6, 6.07) is 13.9. The number of pyridine rings is 1. The highest BCUT2D eigenvalue weighted by Crippen LogP contribution is 2.43. The molecule has 2 aromatic heterocycles. The third kappa shape index (κ3) is 2.55. The van der Waals surface area contributed by atoms with E-state index in [2.05, 4.69) is 33.5 Å². The van der Waals surface area contributed by atoms with E-state index >= 15 is 0 Å². The molecule has 1 N–H and O–H groups in total. The third-order valence-corrected chi connectivity index (χ3v) is 5.59. The van der Waals surface area contributed by atoms with Gasteiger partial charge in [-0.15, -0.1) is 0 Å². The molecule has 0 radical (unpaired) electrons. The molecule has 0 unspecified atom stereocenters. The maximum Gasteiger partial charge on any atom is 0.183 e. The maximum absolute atomic E-state index is 8.99. The molecule has 0 amide bonds. The number of nitrogens with zero attached hydrogens (tertiary/aromatic N) is 3. The molecule has 1 fully saturated rings. The van der Waals surface area contributed by atoms with Gasteiger partial charge in [-0.25, -0.2) is 4.98 Å². The van der Waals surface area contributed by atoms with Crippen molar-refractivity contribution >= 4 is 26.7 Å². The van der Waals surface area contributed by atoms with E-state index in [0.29, 0.717) is 5.56 Å². The molecule has 4 nitrogen and oxygen atoms in total. The number of nitrogens with one attached hydrogen (secondary N) is 1. The van der Waals surface area contributed by atoms with Crippen molar-refractivity contribution in [3.63, 3.8) is 0 Å². The Kier molecular flexibility index (Phi) is 3.47. The molecule has 0 bridgehead atoms. The summed E-state index contributed by atoms with van der Waals surface area (Å²) < 4.78 is 1.05. The summed E-state index contributed by atoms with van der Waals surface area (Å²) in [7, 11) is 0.